The van der Waals surface area contributed by atoms with Crippen LogP contribution in [-0.4, -0.2) is 39.2 Å². The van der Waals surface area contributed by atoms with Crippen LogP contribution >= 0.6 is 0 Å². The molecule has 1 unspecified atom stereocenters. The van der Waals surface area contributed by atoms with Crippen LogP contribution in [-0.2, 0) is 21.4 Å². The molecular formula is C25H34N4O5. The third kappa shape index (κ3) is 5.03. The van der Waals surface area contributed by atoms with E-state index in [1.807, 2.05) is 32.9 Å². The summed E-state index contributed by atoms with van der Waals surface area (Å²) in [7, 11) is 1.72. The fourth-order valence-corrected chi connectivity index (χ4v) is 5.11. The standard InChI is InChI=1S/C25H34N4O5/c1-25(2,3)34-23(32)26-14-15-5-7-16(8-6-15)17-9-10-18-20(13-17)28(4)24(33)29(18)19-11-12-21(30)27-22(19)31/h9-10,13,15-16,19H,5-8,11-12,14H2,1-4H3,(H,26,32)(H,27,30,31). The number of imidazole rings is 1. The predicted octanol–water partition coefficient (Wildman–Crippen LogP) is 3.12. The molecule has 2 aliphatic rings. The van der Waals surface area contributed by atoms with Crippen LogP contribution in [0.15, 0.2) is 23.0 Å². The molecule has 1 aliphatic carbocycles. The van der Waals surface area contributed by atoms with Gasteiger partial charge in [-0.05, 0) is 82.4 Å². The lowest BCUT2D eigenvalue weighted by Crippen LogP contribution is -2.44. The minimum atomic E-state index is -0.673. The molecular weight excluding hydrogens is 436 g/mol. The lowest BCUT2D eigenvalue weighted by Gasteiger charge is -2.29. The topological polar surface area (TPSA) is 111 Å². The summed E-state index contributed by atoms with van der Waals surface area (Å²) in [5.41, 5.74) is 1.93. The zero-order chi connectivity index (χ0) is 24.6. The monoisotopic (exact) mass is 470 g/mol. The lowest BCUT2D eigenvalue weighted by atomic mass is 9.78. The van der Waals surface area contributed by atoms with Gasteiger partial charge >= 0.3 is 11.8 Å². The van der Waals surface area contributed by atoms with E-state index < -0.39 is 17.6 Å². The Bertz CT molecular complexity index is 1160. The highest BCUT2D eigenvalue weighted by Crippen LogP contribution is 2.37. The van der Waals surface area contributed by atoms with Gasteiger partial charge in [-0.3, -0.25) is 24.0 Å². The van der Waals surface area contributed by atoms with Crippen LogP contribution in [0.2, 0.25) is 0 Å². The van der Waals surface area contributed by atoms with Crippen molar-refractivity contribution in [2.45, 2.75) is 76.9 Å². The zero-order valence-electron chi connectivity index (χ0n) is 20.3. The molecule has 0 spiro atoms. The number of aromatic nitrogens is 2. The fraction of sp³-hybridized carbons (Fsp3) is 0.600. The number of nitrogens with one attached hydrogen (secondary N) is 2. The first-order chi connectivity index (χ1) is 16.0. The van der Waals surface area contributed by atoms with Crippen molar-refractivity contribution in [3.8, 4) is 0 Å². The van der Waals surface area contributed by atoms with E-state index in [1.54, 1.807) is 11.6 Å². The third-order valence-corrected chi connectivity index (χ3v) is 6.89. The first-order valence-corrected chi connectivity index (χ1v) is 12.0. The SMILES string of the molecule is Cn1c(=O)n(C2CCC(=O)NC2=O)c2ccc(C3CCC(CNC(=O)OC(C)(C)C)CC3)cc21. The average Bonchev–Trinajstić information content (AvgIpc) is 3.01. The minimum Gasteiger partial charge on any atom is -0.444 e. The highest BCUT2D eigenvalue weighted by atomic mass is 16.6. The number of amides is 3. The molecule has 9 heteroatoms. The Hall–Kier alpha value is -3.10. The van der Waals surface area contributed by atoms with Gasteiger partial charge in [-0.2, -0.15) is 0 Å². The van der Waals surface area contributed by atoms with Crippen LogP contribution < -0.4 is 16.3 Å². The number of imide groups is 1. The molecule has 0 bridgehead atoms. The molecule has 1 aromatic carbocycles. The Morgan fingerprint density at radius 3 is 2.44 bits per heavy atom. The van der Waals surface area contributed by atoms with Gasteiger partial charge in [0, 0.05) is 20.0 Å². The van der Waals surface area contributed by atoms with Crippen molar-refractivity contribution < 1.29 is 19.1 Å². The number of aryl methyl sites for hydroxylation is 1. The number of hydrogen-bond donors (Lipinski definition) is 2. The Morgan fingerprint density at radius 2 is 1.79 bits per heavy atom. The van der Waals surface area contributed by atoms with Gasteiger partial charge in [0.15, 0.2) is 0 Å². The van der Waals surface area contributed by atoms with E-state index >= 15 is 0 Å². The maximum absolute atomic E-state index is 13.0. The third-order valence-electron chi connectivity index (χ3n) is 6.89. The first-order valence-electron chi connectivity index (χ1n) is 12.0. The number of piperidine rings is 1. The van der Waals surface area contributed by atoms with Gasteiger partial charge < -0.3 is 10.1 Å². The first kappa shape index (κ1) is 24.0. The average molecular weight is 471 g/mol. The molecule has 2 aromatic rings. The van der Waals surface area contributed by atoms with Gasteiger partial charge in [0.1, 0.15) is 11.6 Å². The van der Waals surface area contributed by atoms with Crippen molar-refractivity contribution in [1.82, 2.24) is 19.8 Å². The predicted molar refractivity (Wildman–Crippen MR) is 128 cm³/mol. The Morgan fingerprint density at radius 1 is 1.09 bits per heavy atom. The molecule has 1 saturated heterocycles. The number of nitrogens with zero attached hydrogens (tertiary/aromatic N) is 2. The van der Waals surface area contributed by atoms with Crippen molar-refractivity contribution in [2.75, 3.05) is 6.54 Å². The molecule has 1 saturated carbocycles. The number of fused-ring (bicyclic) bond motifs is 1. The number of hydrogen-bond acceptors (Lipinski definition) is 5. The van der Waals surface area contributed by atoms with Gasteiger partial charge in [-0.15, -0.1) is 0 Å². The van der Waals surface area contributed by atoms with Crippen molar-refractivity contribution in [3.05, 3.63) is 34.2 Å². The number of rotatable bonds is 4. The molecule has 34 heavy (non-hydrogen) atoms. The van der Waals surface area contributed by atoms with Gasteiger partial charge in [0.2, 0.25) is 11.8 Å². The maximum Gasteiger partial charge on any atom is 0.407 e. The number of carbonyl (C=O) groups is 3. The van der Waals surface area contributed by atoms with Crippen molar-refractivity contribution in [1.29, 1.82) is 0 Å². The van der Waals surface area contributed by atoms with E-state index in [0.717, 1.165) is 31.2 Å². The summed E-state index contributed by atoms with van der Waals surface area (Å²) in [4.78, 5) is 48.8. The Labute approximate surface area is 198 Å². The van der Waals surface area contributed by atoms with E-state index in [-0.39, 0.29) is 24.1 Å². The maximum atomic E-state index is 13.0. The fourth-order valence-electron chi connectivity index (χ4n) is 5.11. The molecule has 2 N–H and O–H groups in total. The molecule has 1 atom stereocenters. The van der Waals surface area contributed by atoms with E-state index in [1.165, 1.54) is 10.1 Å². The minimum absolute atomic E-state index is 0.226. The van der Waals surface area contributed by atoms with E-state index in [9.17, 15) is 19.2 Å². The van der Waals surface area contributed by atoms with Gasteiger partial charge in [-0.25, -0.2) is 9.59 Å². The molecule has 184 valence electrons. The van der Waals surface area contributed by atoms with Crippen LogP contribution in [0, 0.1) is 5.92 Å². The summed E-state index contributed by atoms with van der Waals surface area (Å²) in [6, 6.07) is 5.36. The quantitative estimate of drug-likeness (QED) is 0.667. The number of ether oxygens (including phenoxy) is 1. The highest BCUT2D eigenvalue weighted by molar-refractivity contribution is 6.00. The summed E-state index contributed by atoms with van der Waals surface area (Å²) in [5.74, 6) is 0.0867. The van der Waals surface area contributed by atoms with Gasteiger partial charge in [-0.1, -0.05) is 6.07 Å². The second kappa shape index (κ2) is 9.27. The number of benzene rings is 1. The molecule has 0 radical (unpaired) electrons. The second-order valence-corrected chi connectivity index (χ2v) is 10.5. The summed E-state index contributed by atoms with van der Waals surface area (Å²) in [6.45, 7) is 6.17. The van der Waals surface area contributed by atoms with E-state index in [0.29, 0.717) is 30.3 Å². The zero-order valence-corrected chi connectivity index (χ0v) is 20.3. The molecule has 2 heterocycles. The lowest BCUT2D eigenvalue weighted by molar-refractivity contribution is -0.135. The largest absolute Gasteiger partial charge is 0.444 e. The summed E-state index contributed by atoms with van der Waals surface area (Å²) in [5, 5.41) is 5.23. The van der Waals surface area contributed by atoms with E-state index in [2.05, 4.69) is 16.7 Å². The normalized spacial score (nSPS) is 23.6. The molecule has 1 aromatic heterocycles. The van der Waals surface area contributed by atoms with Crippen LogP contribution in [0.25, 0.3) is 11.0 Å². The van der Waals surface area contributed by atoms with Crippen molar-refractivity contribution in [2.24, 2.45) is 13.0 Å². The second-order valence-electron chi connectivity index (χ2n) is 10.5. The molecule has 4 rings (SSSR count). The van der Waals surface area contributed by atoms with Gasteiger partial charge in [0.25, 0.3) is 0 Å². The van der Waals surface area contributed by atoms with Crippen LogP contribution in [0.5, 0.6) is 0 Å². The van der Waals surface area contributed by atoms with Gasteiger partial charge in [0.05, 0.1) is 11.0 Å². The summed E-state index contributed by atoms with van der Waals surface area (Å²) < 4.78 is 8.41. The molecule has 2 fully saturated rings. The van der Waals surface area contributed by atoms with E-state index in [4.69, 9.17) is 4.74 Å². The van der Waals surface area contributed by atoms with Crippen molar-refractivity contribution >= 4 is 28.9 Å². The Kier molecular flexibility index (Phi) is 6.55. The molecule has 3 amide bonds. The van der Waals surface area contributed by atoms with Crippen molar-refractivity contribution in [3.63, 3.8) is 0 Å². The van der Waals surface area contributed by atoms with Crippen LogP contribution in [0.4, 0.5) is 4.79 Å². The number of carbonyl (C=O) groups excluding carboxylic acids is 3. The summed E-state index contributed by atoms with van der Waals surface area (Å²) in [6.07, 6.45) is 4.21. The smallest absolute Gasteiger partial charge is 0.407 e. The summed E-state index contributed by atoms with van der Waals surface area (Å²) >= 11 is 0. The highest BCUT2D eigenvalue weighted by Gasteiger charge is 2.31. The molecule has 9 nitrogen and oxygen atoms in total. The number of alkyl carbamates (subject to hydrolysis) is 1. The van der Waals surface area contributed by atoms with Crippen LogP contribution in [0.1, 0.15) is 76.8 Å². The Balaban J connectivity index is 1.44. The van der Waals surface area contributed by atoms with Crippen LogP contribution in [0.3, 0.4) is 0 Å². The molecule has 1 aliphatic heterocycles.